The van der Waals surface area contributed by atoms with E-state index >= 15 is 0 Å². The third-order valence-electron chi connectivity index (χ3n) is 4.22. The second kappa shape index (κ2) is 11.0. The largest absolute Gasteiger partial charge is 0.354 e. The van der Waals surface area contributed by atoms with Crippen molar-refractivity contribution in [2.75, 3.05) is 26.7 Å². The molecule has 1 heterocycles. The van der Waals surface area contributed by atoms with E-state index in [0.29, 0.717) is 12.1 Å². The number of aliphatic imine (C=N–C) groups is 1. The Kier molecular flexibility index (Phi) is 9.81. The van der Waals surface area contributed by atoms with Crippen molar-refractivity contribution in [3.8, 4) is 0 Å². The molecule has 0 aliphatic heterocycles. The molecule has 2 N–H and O–H groups in total. The maximum Gasteiger partial charge on any atom is 0.191 e. The number of nitrogens with one attached hydrogen (secondary N) is 2. The zero-order valence-corrected chi connectivity index (χ0v) is 17.4. The summed E-state index contributed by atoms with van der Waals surface area (Å²) in [7, 11) is 1.84. The van der Waals surface area contributed by atoms with Crippen LogP contribution in [0.4, 0.5) is 0 Å². The van der Waals surface area contributed by atoms with Crippen LogP contribution in [0.15, 0.2) is 34.0 Å². The highest BCUT2D eigenvalue weighted by molar-refractivity contribution is 14.0. The number of rotatable bonds is 7. The van der Waals surface area contributed by atoms with Gasteiger partial charge in [-0.1, -0.05) is 26.0 Å². The second-order valence-corrected chi connectivity index (χ2v) is 6.31. The topological polar surface area (TPSA) is 39.7 Å². The van der Waals surface area contributed by atoms with E-state index in [1.807, 2.05) is 7.05 Å². The number of hydrogen-bond donors (Lipinski definition) is 2. The summed E-state index contributed by atoms with van der Waals surface area (Å²) >= 11 is 1.76. The summed E-state index contributed by atoms with van der Waals surface area (Å²) in [5.41, 5.74) is 1.39. The Balaban J connectivity index is 0.00000264. The molecule has 4 nitrogen and oxygen atoms in total. The summed E-state index contributed by atoms with van der Waals surface area (Å²) in [5.74, 6) is 0.904. The van der Waals surface area contributed by atoms with E-state index < -0.39 is 0 Å². The first-order chi connectivity index (χ1) is 10.8. The van der Waals surface area contributed by atoms with E-state index in [4.69, 9.17) is 0 Å². The third kappa shape index (κ3) is 6.08. The van der Waals surface area contributed by atoms with Crippen LogP contribution in [0.1, 0.15) is 38.3 Å². The van der Waals surface area contributed by atoms with Crippen LogP contribution in [0.5, 0.6) is 0 Å². The zero-order valence-electron chi connectivity index (χ0n) is 14.3. The number of nitrogens with zero attached hydrogens (tertiary/aromatic N) is 2. The van der Waals surface area contributed by atoms with Gasteiger partial charge >= 0.3 is 0 Å². The number of thiophene rings is 1. The van der Waals surface area contributed by atoms with Gasteiger partial charge in [-0.15, -0.1) is 24.0 Å². The lowest BCUT2D eigenvalue weighted by molar-refractivity contribution is 0.219. The zero-order chi connectivity index (χ0) is 15.8. The molecule has 1 aromatic heterocycles. The normalized spacial score (nSPS) is 16.4. The lowest BCUT2D eigenvalue weighted by Crippen LogP contribution is -2.46. The summed E-state index contributed by atoms with van der Waals surface area (Å²) in [4.78, 5) is 6.85. The van der Waals surface area contributed by atoms with Crippen LogP contribution in [-0.2, 0) is 0 Å². The van der Waals surface area contributed by atoms with E-state index in [9.17, 15) is 0 Å². The van der Waals surface area contributed by atoms with Crippen molar-refractivity contribution in [1.29, 1.82) is 0 Å². The van der Waals surface area contributed by atoms with Crippen molar-refractivity contribution in [3.05, 3.63) is 34.5 Å². The molecular formula is C17H29IN4S. The smallest absolute Gasteiger partial charge is 0.191 e. The Bertz CT molecular complexity index is 475. The van der Waals surface area contributed by atoms with Crippen molar-refractivity contribution in [3.63, 3.8) is 0 Å². The Morgan fingerprint density at radius 3 is 2.57 bits per heavy atom. The van der Waals surface area contributed by atoms with Crippen LogP contribution in [0, 0.1) is 0 Å². The van der Waals surface area contributed by atoms with Crippen molar-refractivity contribution in [2.24, 2.45) is 4.99 Å². The maximum atomic E-state index is 4.37. The average Bonchev–Trinajstić information content (AvgIpc) is 3.23. The van der Waals surface area contributed by atoms with Gasteiger partial charge in [0, 0.05) is 19.6 Å². The summed E-state index contributed by atoms with van der Waals surface area (Å²) in [5, 5.41) is 11.4. The number of hydrogen-bond acceptors (Lipinski definition) is 3. The van der Waals surface area contributed by atoms with Gasteiger partial charge < -0.3 is 10.6 Å². The molecule has 1 unspecified atom stereocenters. The van der Waals surface area contributed by atoms with Crippen molar-refractivity contribution < 1.29 is 0 Å². The summed E-state index contributed by atoms with van der Waals surface area (Å²) in [6, 6.07) is 3.10. The predicted octanol–water partition coefficient (Wildman–Crippen LogP) is 3.63. The van der Waals surface area contributed by atoms with Gasteiger partial charge in [0.25, 0.3) is 0 Å². The fourth-order valence-electron chi connectivity index (χ4n) is 2.90. The lowest BCUT2D eigenvalue weighted by Gasteiger charge is -2.30. The number of halogens is 1. The van der Waals surface area contributed by atoms with Gasteiger partial charge in [0.15, 0.2) is 5.96 Å². The Hall–Kier alpha value is -0.600. The van der Waals surface area contributed by atoms with Gasteiger partial charge in [-0.3, -0.25) is 9.89 Å². The first-order valence-electron chi connectivity index (χ1n) is 8.16. The molecule has 0 radical (unpaired) electrons. The standard InChI is InChI=1S/C17H28N4S.HI/c1-4-21(5-2)16(14-10-11-22-13-14)12-19-17(18-3)20-15-8-6-7-9-15;/h6-7,10-11,13,15-16H,4-5,8-9,12H2,1-3H3,(H2,18,19,20);1H. The van der Waals surface area contributed by atoms with Gasteiger partial charge in [-0.2, -0.15) is 11.3 Å². The molecule has 1 atom stereocenters. The first kappa shape index (κ1) is 20.4. The molecule has 6 heteroatoms. The summed E-state index contributed by atoms with van der Waals surface area (Å²) in [6.45, 7) is 7.42. The predicted molar refractivity (Wildman–Crippen MR) is 112 cm³/mol. The molecule has 23 heavy (non-hydrogen) atoms. The summed E-state index contributed by atoms with van der Waals surface area (Å²) < 4.78 is 0. The van der Waals surface area contributed by atoms with Crippen molar-refractivity contribution >= 4 is 41.3 Å². The Morgan fingerprint density at radius 1 is 1.35 bits per heavy atom. The van der Waals surface area contributed by atoms with Gasteiger partial charge in [0.05, 0.1) is 6.04 Å². The molecule has 1 aliphatic carbocycles. The van der Waals surface area contributed by atoms with E-state index in [-0.39, 0.29) is 24.0 Å². The van der Waals surface area contributed by atoms with Gasteiger partial charge in [0.2, 0.25) is 0 Å². The first-order valence-corrected chi connectivity index (χ1v) is 9.11. The van der Waals surface area contributed by atoms with Crippen LogP contribution in [-0.4, -0.2) is 43.6 Å². The van der Waals surface area contributed by atoms with E-state index in [1.165, 1.54) is 5.56 Å². The molecule has 1 aliphatic rings. The van der Waals surface area contributed by atoms with Crippen molar-refractivity contribution in [1.82, 2.24) is 15.5 Å². The fourth-order valence-corrected chi connectivity index (χ4v) is 3.61. The van der Waals surface area contributed by atoms with Gasteiger partial charge in [-0.25, -0.2) is 0 Å². The minimum absolute atomic E-state index is 0. The molecule has 2 rings (SSSR count). The van der Waals surface area contributed by atoms with Gasteiger partial charge in [0.1, 0.15) is 0 Å². The maximum absolute atomic E-state index is 4.37. The molecule has 0 spiro atoms. The Labute approximate surface area is 161 Å². The van der Waals surface area contributed by atoms with Crippen LogP contribution >= 0.6 is 35.3 Å². The van der Waals surface area contributed by atoms with E-state index in [1.54, 1.807) is 11.3 Å². The van der Waals surface area contributed by atoms with Crippen LogP contribution in [0.2, 0.25) is 0 Å². The number of guanidine groups is 1. The molecule has 1 aromatic rings. The minimum Gasteiger partial charge on any atom is -0.354 e. The summed E-state index contributed by atoms with van der Waals surface area (Å²) in [6.07, 6.45) is 6.64. The minimum atomic E-state index is 0. The van der Waals surface area contributed by atoms with E-state index in [2.05, 4.69) is 63.4 Å². The molecule has 0 saturated heterocycles. The van der Waals surface area contributed by atoms with Crippen LogP contribution in [0.3, 0.4) is 0 Å². The van der Waals surface area contributed by atoms with Crippen LogP contribution in [0.25, 0.3) is 0 Å². The molecule has 0 amide bonds. The molecule has 0 fully saturated rings. The highest BCUT2D eigenvalue weighted by Gasteiger charge is 2.19. The fraction of sp³-hybridized carbons (Fsp3) is 0.588. The molecule has 130 valence electrons. The van der Waals surface area contributed by atoms with Crippen LogP contribution < -0.4 is 10.6 Å². The molecular weight excluding hydrogens is 419 g/mol. The highest BCUT2D eigenvalue weighted by atomic mass is 127. The second-order valence-electron chi connectivity index (χ2n) is 5.53. The van der Waals surface area contributed by atoms with Crippen molar-refractivity contribution in [2.45, 2.75) is 38.8 Å². The molecule has 0 saturated carbocycles. The average molecular weight is 448 g/mol. The monoisotopic (exact) mass is 448 g/mol. The van der Waals surface area contributed by atoms with Gasteiger partial charge in [-0.05, 0) is 48.3 Å². The Morgan fingerprint density at radius 2 is 2.04 bits per heavy atom. The third-order valence-corrected chi connectivity index (χ3v) is 4.92. The quantitative estimate of drug-likeness (QED) is 0.290. The van der Waals surface area contributed by atoms with E-state index in [0.717, 1.165) is 38.4 Å². The molecule has 0 aromatic carbocycles. The SMILES string of the molecule is CCN(CC)C(CNC(=NC)NC1CC=CC1)c1ccsc1.I. The molecule has 0 bridgehead atoms. The highest BCUT2D eigenvalue weighted by Crippen LogP contribution is 2.22. The number of likely N-dealkylation sites (N-methyl/N-ethyl adjacent to an activating group) is 1. The lowest BCUT2D eigenvalue weighted by atomic mass is 10.1.